The third-order valence-electron chi connectivity index (χ3n) is 6.37. The molecule has 0 aliphatic rings. The van der Waals surface area contributed by atoms with Gasteiger partial charge in [0.25, 0.3) is 5.56 Å². The van der Waals surface area contributed by atoms with Crippen LogP contribution in [0.5, 0.6) is 0 Å². The smallest absolute Gasteiger partial charge is 0.252 e. The van der Waals surface area contributed by atoms with Crippen molar-refractivity contribution < 1.29 is 4.42 Å². The van der Waals surface area contributed by atoms with Crippen LogP contribution in [0.15, 0.2) is 76.1 Å². The molecule has 0 spiro atoms. The summed E-state index contributed by atoms with van der Waals surface area (Å²) in [7, 11) is 0. The fourth-order valence-corrected chi connectivity index (χ4v) is 4.38. The summed E-state index contributed by atoms with van der Waals surface area (Å²) in [5.74, 6) is 1.51. The molecule has 0 saturated carbocycles. The molecule has 5 rings (SSSR count). The number of aryl methyl sites for hydroxylation is 2. The van der Waals surface area contributed by atoms with Crippen LogP contribution in [0.25, 0.3) is 10.9 Å². The topological polar surface area (TPSA) is 92.8 Å². The second-order valence-corrected chi connectivity index (χ2v) is 8.88. The van der Waals surface area contributed by atoms with Crippen molar-refractivity contribution in [3.8, 4) is 0 Å². The Bertz CT molecular complexity index is 1490. The highest BCUT2D eigenvalue weighted by molar-refractivity contribution is 5.81. The first-order valence-electron chi connectivity index (χ1n) is 11.7. The Labute approximate surface area is 203 Å². The average Bonchev–Trinajstić information content (AvgIpc) is 3.52. The summed E-state index contributed by atoms with van der Waals surface area (Å²) in [5, 5.41) is 13.3. The molecule has 8 nitrogen and oxygen atoms in total. The van der Waals surface area contributed by atoms with Crippen molar-refractivity contribution in [3.63, 3.8) is 0 Å². The highest BCUT2D eigenvalue weighted by Crippen LogP contribution is 2.17. The lowest BCUT2D eigenvalue weighted by molar-refractivity contribution is 0.247. The number of rotatable bonds is 9. The quantitative estimate of drug-likeness (QED) is 0.351. The van der Waals surface area contributed by atoms with Crippen LogP contribution >= 0.6 is 0 Å². The van der Waals surface area contributed by atoms with E-state index in [1.807, 2.05) is 43.3 Å². The van der Waals surface area contributed by atoms with Gasteiger partial charge in [0.2, 0.25) is 0 Å². The largest absolute Gasteiger partial charge is 0.467 e. The number of nitrogens with one attached hydrogen (secondary N) is 1. The summed E-state index contributed by atoms with van der Waals surface area (Å²) >= 11 is 0. The van der Waals surface area contributed by atoms with Gasteiger partial charge in [0.05, 0.1) is 18.3 Å². The number of furan rings is 1. The van der Waals surface area contributed by atoms with Gasteiger partial charge in [-0.15, -0.1) is 5.10 Å². The Kier molecular flexibility index (Phi) is 6.54. The first-order chi connectivity index (χ1) is 17.1. The summed E-state index contributed by atoms with van der Waals surface area (Å²) in [6.07, 6.45) is 2.50. The molecule has 0 saturated heterocycles. The Balaban J connectivity index is 1.42. The van der Waals surface area contributed by atoms with E-state index in [-0.39, 0.29) is 5.56 Å². The third-order valence-corrected chi connectivity index (χ3v) is 6.37. The van der Waals surface area contributed by atoms with Crippen molar-refractivity contribution >= 4 is 10.9 Å². The summed E-state index contributed by atoms with van der Waals surface area (Å²) in [6, 6.07) is 20.2. The maximum atomic E-state index is 13.0. The molecule has 1 N–H and O–H groups in total. The van der Waals surface area contributed by atoms with Crippen LogP contribution in [-0.4, -0.2) is 36.6 Å². The van der Waals surface area contributed by atoms with Crippen LogP contribution in [-0.2, 0) is 26.1 Å². The Morgan fingerprint density at radius 2 is 1.83 bits per heavy atom. The van der Waals surface area contributed by atoms with Crippen LogP contribution < -0.4 is 5.56 Å². The lowest BCUT2D eigenvalue weighted by atomic mass is 10.1. The lowest BCUT2D eigenvalue weighted by Crippen LogP contribution is -2.30. The molecule has 0 atom stereocenters. The first-order valence-corrected chi connectivity index (χ1v) is 11.7. The van der Waals surface area contributed by atoms with E-state index < -0.39 is 0 Å². The van der Waals surface area contributed by atoms with E-state index in [0.29, 0.717) is 19.6 Å². The maximum Gasteiger partial charge on any atom is 0.252 e. The monoisotopic (exact) mass is 468 g/mol. The molecule has 0 radical (unpaired) electrons. The summed E-state index contributed by atoms with van der Waals surface area (Å²) in [4.78, 5) is 18.3. The zero-order valence-electron chi connectivity index (χ0n) is 19.9. The molecule has 0 fully saturated rings. The number of hydrogen-bond acceptors (Lipinski definition) is 6. The number of aromatic amines is 1. The molecule has 3 heterocycles. The molecule has 3 aromatic heterocycles. The molecule has 0 unspecified atom stereocenters. The van der Waals surface area contributed by atoms with Crippen molar-refractivity contribution in [1.82, 2.24) is 30.1 Å². The molecular formula is C27H28N6O2. The van der Waals surface area contributed by atoms with Gasteiger partial charge in [-0.2, -0.15) is 0 Å². The van der Waals surface area contributed by atoms with Crippen LogP contribution in [0.4, 0.5) is 0 Å². The Morgan fingerprint density at radius 1 is 0.971 bits per heavy atom. The third kappa shape index (κ3) is 5.22. The molecule has 35 heavy (non-hydrogen) atoms. The van der Waals surface area contributed by atoms with Crippen molar-refractivity contribution in [3.05, 3.63) is 111 Å². The van der Waals surface area contributed by atoms with Gasteiger partial charge in [-0.05, 0) is 71.0 Å². The fourth-order valence-electron chi connectivity index (χ4n) is 4.38. The maximum absolute atomic E-state index is 13.0. The first kappa shape index (κ1) is 22.7. The number of para-hydroxylation sites is 1. The number of H-pyrrole nitrogens is 1. The second kappa shape index (κ2) is 10.1. The molecular weight excluding hydrogens is 440 g/mol. The summed E-state index contributed by atoms with van der Waals surface area (Å²) in [5.41, 5.74) is 5.14. The molecule has 0 amide bonds. The predicted molar refractivity (Wildman–Crippen MR) is 134 cm³/mol. The van der Waals surface area contributed by atoms with E-state index in [2.05, 4.69) is 56.6 Å². The van der Waals surface area contributed by atoms with E-state index >= 15 is 0 Å². The van der Waals surface area contributed by atoms with E-state index in [9.17, 15) is 4.79 Å². The summed E-state index contributed by atoms with van der Waals surface area (Å²) < 4.78 is 7.22. The molecule has 8 heteroatoms. The highest BCUT2D eigenvalue weighted by atomic mass is 16.3. The van der Waals surface area contributed by atoms with Crippen molar-refractivity contribution in [2.45, 2.75) is 39.9 Å². The van der Waals surface area contributed by atoms with Gasteiger partial charge >= 0.3 is 0 Å². The number of benzene rings is 2. The van der Waals surface area contributed by atoms with Gasteiger partial charge in [-0.1, -0.05) is 42.5 Å². The minimum atomic E-state index is -0.0668. The molecule has 2 aromatic carbocycles. The Hall–Kier alpha value is -4.04. The molecule has 0 aliphatic heterocycles. The predicted octanol–water partition coefficient (Wildman–Crippen LogP) is 4.02. The normalized spacial score (nSPS) is 11.5. The zero-order valence-corrected chi connectivity index (χ0v) is 19.9. The van der Waals surface area contributed by atoms with Gasteiger partial charge < -0.3 is 9.40 Å². The van der Waals surface area contributed by atoms with E-state index in [4.69, 9.17) is 4.42 Å². The number of fused-ring (bicyclic) bond motifs is 1. The van der Waals surface area contributed by atoms with Crippen molar-refractivity contribution in [1.29, 1.82) is 0 Å². The number of pyridine rings is 1. The van der Waals surface area contributed by atoms with Crippen molar-refractivity contribution in [2.75, 3.05) is 6.54 Å². The number of aromatic nitrogens is 5. The number of nitrogens with zero attached hydrogens (tertiary/aromatic N) is 5. The van der Waals surface area contributed by atoms with Gasteiger partial charge in [0.15, 0.2) is 5.82 Å². The van der Waals surface area contributed by atoms with Crippen molar-refractivity contribution in [2.24, 2.45) is 0 Å². The number of hydrogen-bond donors (Lipinski definition) is 1. The van der Waals surface area contributed by atoms with Crippen LogP contribution in [0.3, 0.4) is 0 Å². The zero-order chi connectivity index (χ0) is 24.2. The van der Waals surface area contributed by atoms with Gasteiger partial charge in [0, 0.05) is 18.7 Å². The minimum Gasteiger partial charge on any atom is -0.467 e. The van der Waals surface area contributed by atoms with Crippen LogP contribution in [0, 0.1) is 13.8 Å². The minimum absolute atomic E-state index is 0.0668. The van der Waals surface area contributed by atoms with Crippen LogP contribution in [0.2, 0.25) is 0 Å². The lowest BCUT2D eigenvalue weighted by Gasteiger charge is -2.22. The average molecular weight is 469 g/mol. The van der Waals surface area contributed by atoms with E-state index in [1.165, 1.54) is 11.1 Å². The van der Waals surface area contributed by atoms with E-state index in [1.54, 1.807) is 10.9 Å². The number of tetrazole rings is 1. The van der Waals surface area contributed by atoms with Gasteiger partial charge in [-0.25, -0.2) is 4.68 Å². The molecule has 5 aromatic rings. The van der Waals surface area contributed by atoms with Gasteiger partial charge in [-0.3, -0.25) is 9.69 Å². The fraction of sp³-hybridized carbons (Fsp3) is 0.259. The standard InChI is InChI=1S/C27H28N6O2/c1-19-7-3-4-9-21(19)12-13-32(18-25-29-30-31-33(25)17-24-11-6-14-35-24)16-23-15-22-10-5-8-20(2)26(22)28-27(23)34/h3-11,14-15H,12-13,16-18H2,1-2H3,(H,28,34). The highest BCUT2D eigenvalue weighted by Gasteiger charge is 2.16. The van der Waals surface area contributed by atoms with E-state index in [0.717, 1.165) is 46.6 Å². The molecule has 178 valence electrons. The Morgan fingerprint density at radius 3 is 2.66 bits per heavy atom. The second-order valence-electron chi connectivity index (χ2n) is 8.88. The SMILES string of the molecule is Cc1ccccc1CCN(Cc1cc2cccc(C)c2[nH]c1=O)Cc1nnnn1Cc1ccco1. The van der Waals surface area contributed by atoms with Gasteiger partial charge in [0.1, 0.15) is 12.3 Å². The molecule has 0 bridgehead atoms. The van der Waals surface area contributed by atoms with Crippen LogP contribution in [0.1, 0.15) is 33.8 Å². The summed E-state index contributed by atoms with van der Waals surface area (Å²) in [6.45, 7) is 6.33. The molecule has 0 aliphatic carbocycles.